The highest BCUT2D eigenvalue weighted by atomic mass is 32.2. The largest absolute Gasteiger partial charge is 0.456 e. The molecule has 1 aliphatic heterocycles. The molecule has 1 heterocycles. The Kier molecular flexibility index (Phi) is 24.7. The van der Waals surface area contributed by atoms with E-state index in [1.165, 1.54) is 49.6 Å². The second kappa shape index (κ2) is 25.5. The van der Waals surface area contributed by atoms with Gasteiger partial charge in [-0.2, -0.15) is 0 Å². The number of fused-ring (bicyclic) bond motifs is 2. The smallest absolute Gasteiger partial charge is 0.307 e. The monoisotopic (exact) mass is 657 g/mol. The fraction of sp³-hybridized carbons (Fsp3) is 0.432. The lowest BCUT2D eigenvalue weighted by molar-refractivity contribution is -0.135. The van der Waals surface area contributed by atoms with Crippen molar-refractivity contribution in [3.63, 3.8) is 0 Å². The summed E-state index contributed by atoms with van der Waals surface area (Å²) in [5, 5.41) is 2.12. The maximum atomic E-state index is 10.2. The Labute approximate surface area is 278 Å². The molecule has 0 radical (unpaired) electrons. The molecule has 1 unspecified atom stereocenters. The molecule has 1 aromatic carbocycles. The number of allylic oxidation sites excluding steroid dienone is 4. The molecular weight excluding hydrogens is 598 g/mol. The molecule has 0 spiro atoms. The lowest BCUT2D eigenvalue weighted by atomic mass is 9.94. The van der Waals surface area contributed by atoms with Gasteiger partial charge in [-0.05, 0) is 95.4 Å². The van der Waals surface area contributed by atoms with Gasteiger partial charge in [0.2, 0.25) is 0 Å². The summed E-state index contributed by atoms with van der Waals surface area (Å²) in [4.78, 5) is 16.9. The topological polar surface area (TPSA) is 118 Å². The second-order valence-corrected chi connectivity index (χ2v) is 11.8. The summed E-state index contributed by atoms with van der Waals surface area (Å²) >= 11 is 0. The van der Waals surface area contributed by atoms with Gasteiger partial charge >= 0.3 is 5.97 Å². The summed E-state index contributed by atoms with van der Waals surface area (Å²) in [7, 11) is -1.17. The molecule has 0 aromatic heterocycles. The minimum absolute atomic E-state index is 0.312. The number of anilines is 1. The highest BCUT2D eigenvalue weighted by molar-refractivity contribution is 7.95. The molecule has 0 saturated heterocycles. The number of carbonyl (C=O) groups excluding carboxylic acids is 1. The van der Waals surface area contributed by atoms with Crippen LogP contribution in [0.5, 0.6) is 0 Å². The average molecular weight is 658 g/mol. The summed E-state index contributed by atoms with van der Waals surface area (Å²) in [6.07, 6.45) is 8.50. The van der Waals surface area contributed by atoms with Gasteiger partial charge < -0.3 is 24.3 Å². The zero-order chi connectivity index (χ0) is 35.7. The number of rotatable bonds is 9. The molecule has 9 heteroatoms. The van der Waals surface area contributed by atoms with E-state index in [0.717, 1.165) is 53.7 Å². The first-order valence-corrected chi connectivity index (χ1v) is 17.7. The van der Waals surface area contributed by atoms with Crippen LogP contribution >= 0.6 is 0 Å². The van der Waals surface area contributed by atoms with Gasteiger partial charge in [-0.3, -0.25) is 9.79 Å². The van der Waals surface area contributed by atoms with E-state index < -0.39 is 9.80 Å². The van der Waals surface area contributed by atoms with Crippen LogP contribution in [0, 0.1) is 0 Å². The van der Waals surface area contributed by atoms with Gasteiger partial charge in [0.1, 0.15) is 11.3 Å². The molecule has 3 rings (SSSR count). The molecule has 0 fully saturated rings. The SMILES string of the molecule is C/C=C(\C)c1c2ccc(=NCC)cc-2oc2cc(N(CC)CC)ccc12.C=C/C=C/OC(C)=O.C=S(=O)(O)CCC.CCC.CN. The van der Waals surface area contributed by atoms with E-state index >= 15 is 0 Å². The predicted octanol–water partition coefficient (Wildman–Crippen LogP) is 8.55. The molecule has 3 N–H and O–H groups in total. The number of hydrogen-bond acceptors (Lipinski definition) is 7. The summed E-state index contributed by atoms with van der Waals surface area (Å²) in [5.74, 6) is 3.93. The second-order valence-electron chi connectivity index (χ2n) is 9.81. The van der Waals surface area contributed by atoms with E-state index in [9.17, 15) is 9.00 Å². The van der Waals surface area contributed by atoms with Crippen LogP contribution in [0.15, 0.2) is 76.9 Å². The number of nitrogens with two attached hydrogens (primary N) is 1. The number of benzene rings is 2. The van der Waals surface area contributed by atoms with Gasteiger partial charge in [0.05, 0.1) is 21.4 Å². The Hall–Kier alpha value is -3.66. The molecule has 2 aliphatic rings. The third-order valence-electron chi connectivity index (χ3n) is 5.96. The van der Waals surface area contributed by atoms with Crippen molar-refractivity contribution in [1.29, 1.82) is 0 Å². The van der Waals surface area contributed by atoms with Gasteiger partial charge in [0.25, 0.3) is 0 Å². The summed E-state index contributed by atoms with van der Waals surface area (Å²) in [6, 6.07) is 12.8. The normalized spacial score (nSPS) is 12.3. The minimum atomic E-state index is -2.67. The first-order chi connectivity index (χ1) is 21.9. The highest BCUT2D eigenvalue weighted by Gasteiger charge is 2.17. The van der Waals surface area contributed by atoms with E-state index in [1.54, 1.807) is 6.08 Å². The first kappa shape index (κ1) is 44.5. The Balaban J connectivity index is 0. The van der Waals surface area contributed by atoms with Crippen molar-refractivity contribution in [2.24, 2.45) is 10.7 Å². The van der Waals surface area contributed by atoms with Crippen LogP contribution in [0.4, 0.5) is 5.69 Å². The number of carbonyl (C=O) groups is 1. The Bertz CT molecular complexity index is 1500. The van der Waals surface area contributed by atoms with Crippen molar-refractivity contribution < 1.29 is 22.7 Å². The van der Waals surface area contributed by atoms with Gasteiger partial charge in [0.15, 0.2) is 0 Å². The van der Waals surface area contributed by atoms with Crippen LogP contribution in [-0.2, 0) is 19.3 Å². The van der Waals surface area contributed by atoms with Gasteiger partial charge in [-0.1, -0.05) is 45.9 Å². The Morgan fingerprint density at radius 2 is 1.67 bits per heavy atom. The average Bonchev–Trinajstić information content (AvgIpc) is 3.01. The van der Waals surface area contributed by atoms with Gasteiger partial charge in [-0.15, -0.1) is 0 Å². The van der Waals surface area contributed by atoms with Crippen molar-refractivity contribution in [3.05, 3.63) is 78.4 Å². The maximum absolute atomic E-state index is 10.2. The molecule has 0 bridgehead atoms. The van der Waals surface area contributed by atoms with E-state index in [1.807, 2.05) is 13.8 Å². The lowest BCUT2D eigenvalue weighted by Gasteiger charge is -2.22. The number of nitrogens with zero attached hydrogens (tertiary/aromatic N) is 2. The minimum Gasteiger partial charge on any atom is -0.456 e. The van der Waals surface area contributed by atoms with Crippen molar-refractivity contribution in [3.8, 4) is 11.3 Å². The molecule has 1 atom stereocenters. The summed E-state index contributed by atoms with van der Waals surface area (Å²) in [6.45, 7) is 24.2. The van der Waals surface area contributed by atoms with E-state index in [-0.39, 0.29) is 5.97 Å². The zero-order valence-electron chi connectivity index (χ0n) is 29.9. The predicted molar refractivity (Wildman–Crippen MR) is 202 cm³/mol. The quantitative estimate of drug-likeness (QED) is 0.0778. The summed E-state index contributed by atoms with van der Waals surface area (Å²) < 4.78 is 29.4. The molecule has 258 valence electrons. The van der Waals surface area contributed by atoms with Crippen molar-refractivity contribution in [2.75, 3.05) is 37.3 Å². The molecule has 1 aliphatic carbocycles. The molecular formula is C37H59N3O5S. The molecule has 0 saturated carbocycles. The van der Waals surface area contributed by atoms with Crippen molar-refractivity contribution in [2.45, 2.75) is 75.2 Å². The van der Waals surface area contributed by atoms with Gasteiger partial charge in [0, 0.05) is 61.1 Å². The number of hydrogen-bond donors (Lipinski definition) is 2. The Morgan fingerprint density at radius 3 is 2.11 bits per heavy atom. The third-order valence-corrected chi connectivity index (χ3v) is 7.00. The van der Waals surface area contributed by atoms with E-state index in [4.69, 9.17) is 8.97 Å². The summed E-state index contributed by atoms with van der Waals surface area (Å²) in [5.41, 5.74) is 10.3. The van der Waals surface area contributed by atoms with E-state index in [0.29, 0.717) is 5.75 Å². The van der Waals surface area contributed by atoms with Gasteiger partial charge in [-0.25, -0.2) is 4.21 Å². The Morgan fingerprint density at radius 1 is 1.07 bits per heavy atom. The van der Waals surface area contributed by atoms with Crippen molar-refractivity contribution >= 4 is 43.9 Å². The van der Waals surface area contributed by atoms with Crippen LogP contribution in [0.2, 0.25) is 0 Å². The zero-order valence-corrected chi connectivity index (χ0v) is 30.7. The molecule has 1 aromatic rings. The third kappa shape index (κ3) is 17.1. The maximum Gasteiger partial charge on any atom is 0.307 e. The fourth-order valence-corrected chi connectivity index (χ4v) is 4.65. The fourth-order valence-electron chi connectivity index (χ4n) is 4.01. The molecule has 46 heavy (non-hydrogen) atoms. The first-order valence-electron chi connectivity index (χ1n) is 15.9. The van der Waals surface area contributed by atoms with Crippen LogP contribution in [0.25, 0.3) is 27.9 Å². The van der Waals surface area contributed by atoms with Crippen LogP contribution in [0.3, 0.4) is 0 Å². The molecule has 0 amide bonds. The lowest BCUT2D eigenvalue weighted by Crippen LogP contribution is -2.21. The molecule has 8 nitrogen and oxygen atoms in total. The van der Waals surface area contributed by atoms with E-state index in [2.05, 4.69) is 117 Å². The van der Waals surface area contributed by atoms with Crippen LogP contribution in [0.1, 0.15) is 80.7 Å². The van der Waals surface area contributed by atoms with Crippen LogP contribution < -0.4 is 16.0 Å². The number of ether oxygens (including phenoxy) is 1. The van der Waals surface area contributed by atoms with Crippen LogP contribution in [-0.4, -0.2) is 53.0 Å². The standard InChI is InChI=1S/C23H28N2O.C6H8O2.C4H10O2S.C3H8.CH5N/c1-6-16(5)23-19-12-10-17(24-7-2)14-21(19)26-22-15-18(11-13-20(22)23)25(8-3)9-4;1-3-4-5-8-6(2)7;1-3-4-7(2,5)6;1-3-2;1-2/h6,10-15H,7-9H2,1-5H3;3-5H,1H2,2H3;2-4H2,1H3,(H,5,6);3H2,1-2H3;2H2,1H3/b16-6+,24-17?;5-4+;;;. The van der Waals surface area contributed by atoms with Crippen molar-refractivity contribution in [1.82, 2.24) is 0 Å². The number of esters is 1. The highest BCUT2D eigenvalue weighted by Crippen LogP contribution is 2.38.